The van der Waals surface area contributed by atoms with Gasteiger partial charge in [0.15, 0.2) is 0 Å². The van der Waals surface area contributed by atoms with Crippen molar-refractivity contribution >= 4 is 38.8 Å². The molecule has 0 amide bonds. The Balaban J connectivity index is 1.16. The summed E-state index contributed by atoms with van der Waals surface area (Å²) in [6.07, 6.45) is -0.385. The van der Waals surface area contributed by atoms with Gasteiger partial charge in [0.2, 0.25) is 10.0 Å². The Kier molecular flexibility index (Phi) is 9.35. The van der Waals surface area contributed by atoms with Crippen molar-refractivity contribution in [1.82, 2.24) is 19.2 Å². The number of nitrogens with zero attached hydrogens (tertiary/aromatic N) is 5. The smallest absolute Gasteiger partial charge is 0.416 e. The summed E-state index contributed by atoms with van der Waals surface area (Å²) in [6, 6.07) is 9.82. The average Bonchev–Trinajstić information content (AvgIpc) is 2.95. The van der Waals surface area contributed by atoms with Crippen molar-refractivity contribution in [3.8, 4) is 5.75 Å². The lowest BCUT2D eigenvalue weighted by Gasteiger charge is -2.33. The molecule has 3 heterocycles. The van der Waals surface area contributed by atoms with Gasteiger partial charge in [-0.05, 0) is 55.7 Å². The molecule has 2 aliphatic heterocycles. The van der Waals surface area contributed by atoms with Gasteiger partial charge in [-0.15, -0.1) is 0 Å². The van der Waals surface area contributed by atoms with Gasteiger partial charge < -0.3 is 19.9 Å². The highest BCUT2D eigenvalue weighted by Crippen LogP contribution is 2.36. The summed E-state index contributed by atoms with van der Waals surface area (Å²) in [7, 11) is -3.14. The van der Waals surface area contributed by atoms with Crippen LogP contribution in [0.4, 0.5) is 30.4 Å². The number of rotatable bonds is 9. The minimum Gasteiger partial charge on any atom is -0.492 e. The number of piperazine rings is 1. The molecule has 1 saturated heterocycles. The van der Waals surface area contributed by atoms with Gasteiger partial charge in [0.25, 0.3) is 0 Å². The molecular formula is C29H34ClF3N6O3S. The predicted molar refractivity (Wildman–Crippen MR) is 161 cm³/mol. The molecular weight excluding hydrogens is 605 g/mol. The summed E-state index contributed by atoms with van der Waals surface area (Å²) < 4.78 is 71.1. The molecule has 5 rings (SSSR count). The number of benzene rings is 2. The number of ether oxygens (including phenoxy) is 1. The van der Waals surface area contributed by atoms with Crippen LogP contribution in [0.5, 0.6) is 5.75 Å². The number of sulfonamides is 1. The molecule has 232 valence electrons. The zero-order valence-electron chi connectivity index (χ0n) is 24.0. The Morgan fingerprint density at radius 2 is 1.81 bits per heavy atom. The monoisotopic (exact) mass is 638 g/mol. The van der Waals surface area contributed by atoms with Gasteiger partial charge in [-0.3, -0.25) is 0 Å². The quantitative estimate of drug-likeness (QED) is 0.324. The van der Waals surface area contributed by atoms with Crippen LogP contribution < -0.4 is 15.0 Å². The minimum absolute atomic E-state index is 0.194. The highest BCUT2D eigenvalue weighted by molar-refractivity contribution is 7.88. The van der Waals surface area contributed by atoms with Gasteiger partial charge in [0.05, 0.1) is 35.7 Å². The highest BCUT2D eigenvalue weighted by atomic mass is 35.5. The van der Waals surface area contributed by atoms with E-state index in [9.17, 15) is 21.6 Å². The lowest BCUT2D eigenvalue weighted by molar-refractivity contribution is -0.138. The molecule has 0 spiro atoms. The maximum absolute atomic E-state index is 13.5. The summed E-state index contributed by atoms with van der Waals surface area (Å²) in [4.78, 5) is 12.9. The topological polar surface area (TPSA) is 90.9 Å². The number of halogens is 4. The maximum Gasteiger partial charge on any atom is 0.416 e. The van der Waals surface area contributed by atoms with Crippen molar-refractivity contribution in [3.63, 3.8) is 0 Å². The fourth-order valence-corrected chi connectivity index (χ4v) is 6.44. The maximum atomic E-state index is 13.5. The molecule has 3 aromatic rings. The van der Waals surface area contributed by atoms with Crippen molar-refractivity contribution < 1.29 is 26.3 Å². The van der Waals surface area contributed by atoms with Crippen molar-refractivity contribution in [1.29, 1.82) is 0 Å². The molecule has 1 fully saturated rings. The Labute approximate surface area is 254 Å². The number of anilines is 3. The molecule has 43 heavy (non-hydrogen) atoms. The van der Waals surface area contributed by atoms with Gasteiger partial charge in [-0.2, -0.15) is 17.5 Å². The van der Waals surface area contributed by atoms with E-state index >= 15 is 0 Å². The van der Waals surface area contributed by atoms with Crippen LogP contribution in [-0.4, -0.2) is 79.7 Å². The molecule has 1 N–H and O–H groups in total. The number of hydrogen-bond donors (Lipinski definition) is 1. The Hall–Kier alpha value is -3.13. The van der Waals surface area contributed by atoms with Gasteiger partial charge in [-0.25, -0.2) is 18.4 Å². The zero-order chi connectivity index (χ0) is 30.8. The van der Waals surface area contributed by atoms with E-state index in [0.29, 0.717) is 74.6 Å². The molecule has 14 heteroatoms. The number of fused-ring (bicyclic) bond motifs is 1. The van der Waals surface area contributed by atoms with Gasteiger partial charge >= 0.3 is 6.18 Å². The number of aromatic nitrogens is 2. The van der Waals surface area contributed by atoms with E-state index in [2.05, 4.69) is 20.2 Å². The van der Waals surface area contributed by atoms with Crippen molar-refractivity contribution in [3.05, 3.63) is 70.1 Å². The second-order valence-corrected chi connectivity index (χ2v) is 13.2. The molecule has 2 aromatic carbocycles. The van der Waals surface area contributed by atoms with E-state index < -0.39 is 21.8 Å². The molecule has 2 aliphatic rings. The van der Waals surface area contributed by atoms with Crippen LogP contribution in [0.1, 0.15) is 28.8 Å². The first kappa shape index (κ1) is 31.3. The second-order valence-electron chi connectivity index (χ2n) is 10.8. The van der Waals surface area contributed by atoms with Crippen LogP contribution >= 0.6 is 11.6 Å². The van der Waals surface area contributed by atoms with E-state index in [1.165, 1.54) is 35.9 Å². The van der Waals surface area contributed by atoms with Crippen LogP contribution in [0.2, 0.25) is 5.02 Å². The van der Waals surface area contributed by atoms with Gasteiger partial charge in [0, 0.05) is 56.2 Å². The highest BCUT2D eigenvalue weighted by Gasteiger charge is 2.33. The Morgan fingerprint density at radius 1 is 1.05 bits per heavy atom. The molecule has 0 aliphatic carbocycles. The second kappa shape index (κ2) is 12.8. The lowest BCUT2D eigenvalue weighted by atomic mass is 10.0. The van der Waals surface area contributed by atoms with E-state index in [1.807, 2.05) is 11.0 Å². The lowest BCUT2D eigenvalue weighted by Crippen LogP contribution is -2.48. The minimum atomic E-state index is -4.41. The van der Waals surface area contributed by atoms with Crippen molar-refractivity contribution in [2.45, 2.75) is 32.5 Å². The first-order chi connectivity index (χ1) is 20.4. The summed E-state index contributed by atoms with van der Waals surface area (Å²) in [5, 5.41) is 3.75. The van der Waals surface area contributed by atoms with Crippen LogP contribution in [0, 0.1) is 6.92 Å². The van der Waals surface area contributed by atoms with Crippen LogP contribution in [0.3, 0.4) is 0 Å². The van der Waals surface area contributed by atoms with E-state index in [-0.39, 0.29) is 5.56 Å². The fraction of sp³-hybridized carbons (Fsp3) is 0.448. The van der Waals surface area contributed by atoms with Crippen LogP contribution in [0.25, 0.3) is 0 Å². The first-order valence-electron chi connectivity index (χ1n) is 14.0. The van der Waals surface area contributed by atoms with Gasteiger partial charge in [-0.1, -0.05) is 17.7 Å². The number of hydrogen-bond acceptors (Lipinski definition) is 8. The van der Waals surface area contributed by atoms with E-state index in [1.54, 1.807) is 18.2 Å². The summed E-state index contributed by atoms with van der Waals surface area (Å²) in [5.41, 5.74) is 2.46. The Morgan fingerprint density at radius 3 is 2.51 bits per heavy atom. The molecule has 0 saturated carbocycles. The van der Waals surface area contributed by atoms with E-state index in [4.69, 9.17) is 16.3 Å². The Bertz CT molecular complexity index is 1570. The third-order valence-corrected chi connectivity index (χ3v) is 9.37. The number of alkyl halides is 3. The van der Waals surface area contributed by atoms with Crippen LogP contribution in [-0.2, 0) is 29.2 Å². The third-order valence-electron chi connectivity index (χ3n) is 7.77. The molecule has 9 nitrogen and oxygen atoms in total. The largest absolute Gasteiger partial charge is 0.492 e. The zero-order valence-corrected chi connectivity index (χ0v) is 25.6. The van der Waals surface area contributed by atoms with Crippen molar-refractivity contribution in [2.75, 3.05) is 62.3 Å². The van der Waals surface area contributed by atoms with Gasteiger partial charge in [0.1, 0.15) is 17.9 Å². The number of nitrogens with one attached hydrogen (secondary N) is 1. The molecule has 0 radical (unpaired) electrons. The SMILES string of the molecule is Cc1ccc(N2CCc3c(ncnc3Nc3ccc(OCCCN4CCN(S(C)(=O)=O)CC4)c(Cl)c3)C2)cc1C(F)(F)F. The normalized spacial score (nSPS) is 16.7. The van der Waals surface area contributed by atoms with Crippen molar-refractivity contribution in [2.24, 2.45) is 0 Å². The predicted octanol–water partition coefficient (Wildman–Crippen LogP) is 5.11. The summed E-state index contributed by atoms with van der Waals surface area (Å²) in [6.45, 7) is 6.03. The summed E-state index contributed by atoms with van der Waals surface area (Å²) in [5.74, 6) is 1.19. The third kappa shape index (κ3) is 7.69. The molecule has 0 atom stereocenters. The fourth-order valence-electron chi connectivity index (χ4n) is 5.38. The standard InChI is InChI=1S/C29H34ClF3N6O3S/c1-20-4-6-22(17-24(20)29(31,32)33)38-10-8-23-26(18-38)34-19-35-28(23)36-21-5-7-27(25(30)16-21)42-15-3-9-37-11-13-39(14-12-37)43(2,40)41/h4-7,16-17,19H,3,8-15,18H2,1-2H3,(H,34,35,36). The molecule has 0 bridgehead atoms. The molecule has 0 unspecified atom stereocenters. The van der Waals surface area contributed by atoms with Crippen LogP contribution in [0.15, 0.2) is 42.7 Å². The molecule has 1 aromatic heterocycles. The van der Waals surface area contributed by atoms with E-state index in [0.717, 1.165) is 29.9 Å². The average molecular weight is 639 g/mol. The first-order valence-corrected chi connectivity index (χ1v) is 16.2. The summed E-state index contributed by atoms with van der Waals surface area (Å²) >= 11 is 6.51. The number of aryl methyl sites for hydroxylation is 1.